The highest BCUT2D eigenvalue weighted by molar-refractivity contribution is 6.33. The number of nitrogens with zero attached hydrogens (tertiary/aromatic N) is 3. The van der Waals surface area contributed by atoms with E-state index in [4.69, 9.17) is 30.8 Å². The molecule has 0 saturated carbocycles. The fourth-order valence-corrected chi connectivity index (χ4v) is 5.75. The second-order valence-electron chi connectivity index (χ2n) is 9.70. The van der Waals surface area contributed by atoms with Crippen molar-refractivity contribution < 1.29 is 14.2 Å². The third-order valence-corrected chi connectivity index (χ3v) is 7.71. The summed E-state index contributed by atoms with van der Waals surface area (Å²) in [5.41, 5.74) is 6.58. The standard InChI is InChI=1S/C28H27ClN4O3/c29-21-15-22-27(32-28(30-22)36-24-16-35-23-11-14-34-26(23)24)31-25(21)19-5-3-17(4-6-19)18-7-9-20(10-8-18)33-12-1-2-13-33/h3-10,15,23-24,26H,1-2,11-14,16H2,(H,30,31,32)/t23-,24?,26+/m1/s1. The topological polar surface area (TPSA) is 72.5 Å². The van der Waals surface area contributed by atoms with E-state index in [0.29, 0.717) is 35.6 Å². The van der Waals surface area contributed by atoms with Crippen LogP contribution in [0.1, 0.15) is 19.3 Å². The van der Waals surface area contributed by atoms with Crippen molar-refractivity contribution in [3.8, 4) is 28.4 Å². The molecule has 8 heteroatoms. The number of rotatable bonds is 5. The predicted octanol–water partition coefficient (Wildman–Crippen LogP) is 5.48. The van der Waals surface area contributed by atoms with Gasteiger partial charge in [-0.25, -0.2) is 4.98 Å². The van der Waals surface area contributed by atoms with Gasteiger partial charge in [-0.3, -0.25) is 0 Å². The lowest BCUT2D eigenvalue weighted by molar-refractivity contribution is 0.0273. The Morgan fingerprint density at radius 2 is 1.64 bits per heavy atom. The van der Waals surface area contributed by atoms with Crippen molar-refractivity contribution in [1.29, 1.82) is 0 Å². The van der Waals surface area contributed by atoms with Crippen LogP contribution in [0.25, 0.3) is 33.5 Å². The molecule has 2 aromatic carbocycles. The highest BCUT2D eigenvalue weighted by Crippen LogP contribution is 2.33. The molecule has 0 aliphatic carbocycles. The first-order valence-corrected chi connectivity index (χ1v) is 13.0. The molecule has 0 spiro atoms. The fraction of sp³-hybridized carbons (Fsp3) is 0.357. The maximum absolute atomic E-state index is 6.63. The van der Waals surface area contributed by atoms with E-state index in [1.807, 2.05) is 6.07 Å². The Morgan fingerprint density at radius 1 is 0.917 bits per heavy atom. The highest BCUT2D eigenvalue weighted by Gasteiger charge is 2.43. The lowest BCUT2D eigenvalue weighted by Gasteiger charge is -2.17. The van der Waals surface area contributed by atoms with Gasteiger partial charge in [0.15, 0.2) is 11.8 Å². The Hall–Kier alpha value is -3.13. The molecule has 3 aliphatic rings. The van der Waals surface area contributed by atoms with Crippen LogP contribution >= 0.6 is 11.6 Å². The van der Waals surface area contributed by atoms with Gasteiger partial charge in [0.2, 0.25) is 0 Å². The van der Waals surface area contributed by atoms with Crippen molar-refractivity contribution in [1.82, 2.24) is 15.0 Å². The molecule has 2 aromatic heterocycles. The number of benzene rings is 2. The Bertz CT molecular complexity index is 1380. The van der Waals surface area contributed by atoms with Gasteiger partial charge in [-0.2, -0.15) is 4.98 Å². The van der Waals surface area contributed by atoms with E-state index in [1.165, 1.54) is 24.1 Å². The molecule has 3 fully saturated rings. The number of aromatic nitrogens is 3. The molecular weight excluding hydrogens is 476 g/mol. The van der Waals surface area contributed by atoms with Crippen LogP contribution in [0.15, 0.2) is 54.6 Å². The van der Waals surface area contributed by atoms with Crippen LogP contribution in [0.3, 0.4) is 0 Å². The minimum Gasteiger partial charge on any atom is -0.456 e. The molecule has 3 saturated heterocycles. The number of imidazole rings is 1. The normalized spacial score (nSPS) is 23.5. The van der Waals surface area contributed by atoms with Crippen molar-refractivity contribution in [2.45, 2.75) is 37.6 Å². The van der Waals surface area contributed by atoms with Gasteiger partial charge in [0.1, 0.15) is 6.10 Å². The van der Waals surface area contributed by atoms with Gasteiger partial charge >= 0.3 is 0 Å². The summed E-state index contributed by atoms with van der Waals surface area (Å²) >= 11 is 6.63. The molecule has 1 unspecified atom stereocenters. The average molecular weight is 503 g/mol. The minimum atomic E-state index is -0.176. The summed E-state index contributed by atoms with van der Waals surface area (Å²) in [6.45, 7) is 3.51. The maximum Gasteiger partial charge on any atom is 0.296 e. The predicted molar refractivity (Wildman–Crippen MR) is 140 cm³/mol. The zero-order valence-corrected chi connectivity index (χ0v) is 20.6. The van der Waals surface area contributed by atoms with E-state index in [2.05, 4.69) is 63.4 Å². The van der Waals surface area contributed by atoms with Crippen LogP contribution in [0.4, 0.5) is 5.69 Å². The summed E-state index contributed by atoms with van der Waals surface area (Å²) < 4.78 is 17.6. The van der Waals surface area contributed by atoms with Gasteiger partial charge in [-0.15, -0.1) is 0 Å². The van der Waals surface area contributed by atoms with E-state index in [1.54, 1.807) is 0 Å². The number of hydrogen-bond donors (Lipinski definition) is 1. The molecule has 184 valence electrons. The van der Waals surface area contributed by atoms with Gasteiger partial charge in [-0.05, 0) is 48.6 Å². The lowest BCUT2D eigenvalue weighted by atomic mass is 10.0. The van der Waals surface area contributed by atoms with E-state index in [9.17, 15) is 0 Å². The molecule has 5 heterocycles. The first-order valence-electron chi connectivity index (χ1n) is 12.6. The molecule has 0 bridgehead atoms. The number of pyridine rings is 1. The SMILES string of the molecule is Clc1cc2[nH]c(OC3CO[C@@H]4CCO[C@H]34)nc2nc1-c1ccc(-c2ccc(N3CCCC3)cc2)cc1. The van der Waals surface area contributed by atoms with Gasteiger partial charge in [0, 0.05) is 30.9 Å². The molecular formula is C28H27ClN4O3. The van der Waals surface area contributed by atoms with E-state index >= 15 is 0 Å². The second kappa shape index (κ2) is 9.07. The summed E-state index contributed by atoms with van der Waals surface area (Å²) in [5, 5.41) is 0.559. The molecule has 1 N–H and O–H groups in total. The summed E-state index contributed by atoms with van der Waals surface area (Å²) in [6, 6.07) is 19.4. The van der Waals surface area contributed by atoms with Crippen LogP contribution in [-0.4, -0.2) is 59.6 Å². The second-order valence-corrected chi connectivity index (χ2v) is 10.1. The van der Waals surface area contributed by atoms with Gasteiger partial charge < -0.3 is 24.1 Å². The van der Waals surface area contributed by atoms with Crippen LogP contribution in [0, 0.1) is 0 Å². The number of halogens is 1. The third kappa shape index (κ3) is 4.01. The first kappa shape index (κ1) is 22.1. The van der Waals surface area contributed by atoms with Crippen LogP contribution in [0.5, 0.6) is 6.01 Å². The largest absolute Gasteiger partial charge is 0.456 e. The number of anilines is 1. The smallest absolute Gasteiger partial charge is 0.296 e. The van der Waals surface area contributed by atoms with E-state index in [-0.39, 0.29) is 18.3 Å². The fourth-order valence-electron chi connectivity index (χ4n) is 5.49. The van der Waals surface area contributed by atoms with Crippen molar-refractivity contribution in [3.05, 3.63) is 59.6 Å². The molecule has 0 amide bonds. The number of aromatic amines is 1. The Labute approximate surface area is 214 Å². The zero-order valence-electron chi connectivity index (χ0n) is 19.8. The number of nitrogens with one attached hydrogen (secondary N) is 1. The monoisotopic (exact) mass is 502 g/mol. The van der Waals surface area contributed by atoms with Crippen molar-refractivity contribution >= 4 is 28.5 Å². The molecule has 7 rings (SSSR count). The zero-order chi connectivity index (χ0) is 24.1. The summed E-state index contributed by atoms with van der Waals surface area (Å²) in [7, 11) is 0. The average Bonchev–Trinajstić information content (AvgIpc) is 3.70. The van der Waals surface area contributed by atoms with Crippen LogP contribution in [-0.2, 0) is 9.47 Å². The molecule has 0 radical (unpaired) electrons. The number of hydrogen-bond acceptors (Lipinski definition) is 6. The van der Waals surface area contributed by atoms with Crippen molar-refractivity contribution in [2.24, 2.45) is 0 Å². The Kier molecular flexibility index (Phi) is 5.57. The Morgan fingerprint density at radius 3 is 2.42 bits per heavy atom. The maximum atomic E-state index is 6.63. The third-order valence-electron chi connectivity index (χ3n) is 7.42. The summed E-state index contributed by atoms with van der Waals surface area (Å²) in [6.07, 6.45) is 3.37. The van der Waals surface area contributed by atoms with Crippen molar-refractivity contribution in [2.75, 3.05) is 31.2 Å². The van der Waals surface area contributed by atoms with Gasteiger partial charge in [0.25, 0.3) is 6.01 Å². The molecule has 3 aliphatic heterocycles. The molecule has 3 atom stereocenters. The van der Waals surface area contributed by atoms with Crippen molar-refractivity contribution in [3.63, 3.8) is 0 Å². The quantitative estimate of drug-likeness (QED) is 0.389. The van der Waals surface area contributed by atoms with E-state index < -0.39 is 0 Å². The molecule has 4 aromatic rings. The first-order chi connectivity index (χ1) is 17.7. The van der Waals surface area contributed by atoms with Crippen LogP contribution < -0.4 is 9.64 Å². The number of ether oxygens (including phenoxy) is 3. The van der Waals surface area contributed by atoms with E-state index in [0.717, 1.165) is 36.2 Å². The molecule has 36 heavy (non-hydrogen) atoms. The highest BCUT2D eigenvalue weighted by atomic mass is 35.5. The molecule has 7 nitrogen and oxygen atoms in total. The van der Waals surface area contributed by atoms with Crippen LogP contribution in [0.2, 0.25) is 5.02 Å². The number of fused-ring (bicyclic) bond motifs is 2. The van der Waals surface area contributed by atoms with Gasteiger partial charge in [0.05, 0.1) is 28.9 Å². The minimum absolute atomic E-state index is 0.0414. The summed E-state index contributed by atoms with van der Waals surface area (Å²) in [5.74, 6) is 0. The number of H-pyrrole nitrogens is 1. The van der Waals surface area contributed by atoms with Gasteiger partial charge in [-0.1, -0.05) is 48.0 Å². The summed E-state index contributed by atoms with van der Waals surface area (Å²) in [4.78, 5) is 14.9. The Balaban J connectivity index is 1.11. The lowest BCUT2D eigenvalue weighted by Crippen LogP contribution is -2.32.